The molecule has 110 valence electrons. The maximum absolute atomic E-state index is 11.5. The largest absolute Gasteiger partial charge is 0.382 e. The van der Waals surface area contributed by atoms with Gasteiger partial charge in [0.25, 0.3) is 0 Å². The number of nitrogens with one attached hydrogen (secondary N) is 2. The van der Waals surface area contributed by atoms with Gasteiger partial charge < -0.3 is 14.8 Å². The Hall–Kier alpha value is -0.210. The van der Waals surface area contributed by atoms with Gasteiger partial charge in [-0.15, -0.1) is 0 Å². The van der Waals surface area contributed by atoms with Crippen molar-refractivity contribution in [3.05, 3.63) is 0 Å². The molecule has 0 bridgehead atoms. The summed E-state index contributed by atoms with van der Waals surface area (Å²) in [7, 11) is -1.51. The zero-order chi connectivity index (χ0) is 13.7. The highest BCUT2D eigenvalue weighted by Crippen LogP contribution is 1.90. The minimum Gasteiger partial charge on any atom is -0.382 e. The van der Waals surface area contributed by atoms with Gasteiger partial charge in [0, 0.05) is 20.3 Å². The van der Waals surface area contributed by atoms with Crippen molar-refractivity contribution in [2.45, 2.75) is 19.8 Å². The molecule has 0 unspecified atom stereocenters. The minimum atomic E-state index is -3.13. The lowest BCUT2D eigenvalue weighted by Gasteiger charge is -2.07. The quantitative estimate of drug-likeness (QED) is 0.464. The molecule has 0 saturated carbocycles. The molecular weight excluding hydrogens is 256 g/mol. The fraction of sp³-hybridized carbons (Fsp3) is 1.00. The molecule has 0 radical (unpaired) electrons. The molecule has 6 nitrogen and oxygen atoms in total. The summed E-state index contributed by atoms with van der Waals surface area (Å²) in [5.41, 5.74) is 0. The lowest BCUT2D eigenvalue weighted by molar-refractivity contribution is 0.0699. The Balaban J connectivity index is 3.41. The van der Waals surface area contributed by atoms with Crippen LogP contribution in [0.25, 0.3) is 0 Å². The first-order valence-corrected chi connectivity index (χ1v) is 8.02. The van der Waals surface area contributed by atoms with Crippen molar-refractivity contribution >= 4 is 10.0 Å². The van der Waals surface area contributed by atoms with Gasteiger partial charge in [-0.25, -0.2) is 13.1 Å². The molecule has 18 heavy (non-hydrogen) atoms. The van der Waals surface area contributed by atoms with Gasteiger partial charge in [-0.1, -0.05) is 6.92 Å². The average molecular weight is 282 g/mol. The van der Waals surface area contributed by atoms with Gasteiger partial charge >= 0.3 is 0 Å². The highest BCUT2D eigenvalue weighted by Gasteiger charge is 2.08. The van der Waals surface area contributed by atoms with Crippen LogP contribution >= 0.6 is 0 Å². The number of sulfonamides is 1. The second-order valence-electron chi connectivity index (χ2n) is 3.88. The highest BCUT2D eigenvalue weighted by molar-refractivity contribution is 7.89. The predicted molar refractivity (Wildman–Crippen MR) is 72.3 cm³/mol. The Labute approximate surface area is 110 Å². The molecule has 0 rings (SSSR count). The monoisotopic (exact) mass is 282 g/mol. The van der Waals surface area contributed by atoms with Crippen LogP contribution in [-0.2, 0) is 19.5 Å². The molecule has 0 amide bonds. The topological polar surface area (TPSA) is 76.7 Å². The van der Waals surface area contributed by atoms with Crippen LogP contribution < -0.4 is 10.0 Å². The van der Waals surface area contributed by atoms with Gasteiger partial charge in [-0.2, -0.15) is 0 Å². The number of rotatable bonds is 13. The molecule has 0 spiro atoms. The van der Waals surface area contributed by atoms with Crippen LogP contribution in [0.4, 0.5) is 0 Å². The summed E-state index contributed by atoms with van der Waals surface area (Å²) < 4.78 is 35.7. The molecule has 0 aliphatic carbocycles. The lowest BCUT2D eigenvalue weighted by atomic mass is 10.5. The normalized spacial score (nSPS) is 11.9. The Morgan fingerprint density at radius 3 is 2.50 bits per heavy atom. The summed E-state index contributed by atoms with van der Waals surface area (Å²) in [6, 6.07) is 0. The van der Waals surface area contributed by atoms with E-state index >= 15 is 0 Å². The van der Waals surface area contributed by atoms with Gasteiger partial charge in [-0.3, -0.25) is 0 Å². The second kappa shape index (κ2) is 11.9. The van der Waals surface area contributed by atoms with Crippen molar-refractivity contribution < 1.29 is 17.9 Å². The van der Waals surface area contributed by atoms with E-state index in [1.54, 1.807) is 7.11 Å². The van der Waals surface area contributed by atoms with Crippen LogP contribution in [0.2, 0.25) is 0 Å². The molecule has 2 N–H and O–H groups in total. The van der Waals surface area contributed by atoms with E-state index in [4.69, 9.17) is 9.47 Å². The maximum Gasteiger partial charge on any atom is 0.211 e. The first-order chi connectivity index (χ1) is 8.62. The minimum absolute atomic E-state index is 0.171. The van der Waals surface area contributed by atoms with E-state index in [9.17, 15) is 8.42 Å². The van der Waals surface area contributed by atoms with Crippen molar-refractivity contribution in [3.63, 3.8) is 0 Å². The van der Waals surface area contributed by atoms with Gasteiger partial charge in [0.2, 0.25) is 10.0 Å². The Morgan fingerprint density at radius 1 is 1.06 bits per heavy atom. The summed E-state index contributed by atoms with van der Waals surface area (Å²) in [6.07, 6.45) is 1.31. The molecule has 0 saturated heterocycles. The molecule has 0 aromatic rings. The van der Waals surface area contributed by atoms with E-state index in [1.165, 1.54) is 0 Å². The van der Waals surface area contributed by atoms with Crippen molar-refractivity contribution in [1.29, 1.82) is 0 Å². The first kappa shape index (κ1) is 17.8. The van der Waals surface area contributed by atoms with E-state index in [-0.39, 0.29) is 5.75 Å². The standard InChI is InChI=1S/C11H26N2O4S/c1-3-12-6-5-11-18(14,15)13-7-4-8-17-10-9-16-2/h12-13H,3-11H2,1-2H3. The predicted octanol–water partition coefficient (Wildman–Crippen LogP) is -0.0415. The van der Waals surface area contributed by atoms with Crippen molar-refractivity contribution in [3.8, 4) is 0 Å². The summed E-state index contributed by atoms with van der Waals surface area (Å²) in [5.74, 6) is 0.171. The first-order valence-electron chi connectivity index (χ1n) is 6.37. The summed E-state index contributed by atoms with van der Waals surface area (Å²) in [4.78, 5) is 0. The highest BCUT2D eigenvalue weighted by atomic mass is 32.2. The molecule has 0 aromatic carbocycles. The number of hydrogen-bond donors (Lipinski definition) is 2. The maximum atomic E-state index is 11.5. The summed E-state index contributed by atoms with van der Waals surface area (Å²) in [5, 5.41) is 3.09. The third-order valence-corrected chi connectivity index (χ3v) is 3.71. The lowest BCUT2D eigenvalue weighted by Crippen LogP contribution is -2.29. The fourth-order valence-corrected chi connectivity index (χ4v) is 2.41. The van der Waals surface area contributed by atoms with Gasteiger partial charge in [-0.05, 0) is 25.9 Å². The summed E-state index contributed by atoms with van der Waals surface area (Å²) >= 11 is 0. The smallest absolute Gasteiger partial charge is 0.211 e. The van der Waals surface area contributed by atoms with Crippen LogP contribution in [0.3, 0.4) is 0 Å². The van der Waals surface area contributed by atoms with Crippen molar-refractivity contribution in [2.24, 2.45) is 0 Å². The van der Waals surface area contributed by atoms with Crippen LogP contribution in [0.5, 0.6) is 0 Å². The number of ether oxygens (including phenoxy) is 2. The molecule has 7 heteroatoms. The third-order valence-electron chi connectivity index (χ3n) is 2.24. The molecule has 0 fully saturated rings. The van der Waals surface area contributed by atoms with Crippen LogP contribution in [0.1, 0.15) is 19.8 Å². The zero-order valence-corrected chi connectivity index (χ0v) is 12.2. The molecule has 0 aromatic heterocycles. The van der Waals surface area contributed by atoms with Crippen LogP contribution in [0, 0.1) is 0 Å². The number of methoxy groups -OCH3 is 1. The van der Waals surface area contributed by atoms with Gasteiger partial charge in [0.1, 0.15) is 0 Å². The van der Waals surface area contributed by atoms with Crippen molar-refractivity contribution in [2.75, 3.05) is 52.3 Å². The van der Waals surface area contributed by atoms with E-state index in [0.717, 1.165) is 13.1 Å². The van der Waals surface area contributed by atoms with E-state index in [0.29, 0.717) is 39.2 Å². The zero-order valence-electron chi connectivity index (χ0n) is 11.4. The molecule has 0 heterocycles. The Kier molecular flexibility index (Phi) is 11.7. The summed E-state index contributed by atoms with van der Waals surface area (Å²) in [6.45, 7) is 5.68. The van der Waals surface area contributed by atoms with Gasteiger partial charge in [0.15, 0.2) is 0 Å². The van der Waals surface area contributed by atoms with Gasteiger partial charge in [0.05, 0.1) is 19.0 Å². The van der Waals surface area contributed by atoms with E-state index in [2.05, 4.69) is 10.0 Å². The Morgan fingerprint density at radius 2 is 1.83 bits per heavy atom. The fourth-order valence-electron chi connectivity index (χ4n) is 1.28. The number of hydrogen-bond acceptors (Lipinski definition) is 5. The van der Waals surface area contributed by atoms with E-state index < -0.39 is 10.0 Å². The van der Waals surface area contributed by atoms with Crippen LogP contribution in [-0.4, -0.2) is 60.7 Å². The van der Waals surface area contributed by atoms with Crippen molar-refractivity contribution in [1.82, 2.24) is 10.0 Å². The van der Waals surface area contributed by atoms with Crippen LogP contribution in [0.15, 0.2) is 0 Å². The third kappa shape index (κ3) is 12.3. The average Bonchev–Trinajstić information content (AvgIpc) is 2.34. The second-order valence-corrected chi connectivity index (χ2v) is 5.81. The molecule has 0 aliphatic rings. The Bertz CT molecular complexity index is 270. The molecular formula is C11H26N2O4S. The SMILES string of the molecule is CCNCCCS(=O)(=O)NCCCOCCOC. The molecule has 0 atom stereocenters. The molecule has 0 aliphatic heterocycles. The van der Waals surface area contributed by atoms with E-state index in [1.807, 2.05) is 6.92 Å².